The summed E-state index contributed by atoms with van der Waals surface area (Å²) in [6.45, 7) is 2.27. The molecule has 0 saturated heterocycles. The predicted octanol–water partition coefficient (Wildman–Crippen LogP) is 4.38. The zero-order chi connectivity index (χ0) is 9.52. The molecule has 0 saturated carbocycles. The molecule has 1 heteroatoms. The Morgan fingerprint density at radius 3 is 2.92 bits per heavy atom. The van der Waals surface area contributed by atoms with Crippen LogP contribution >= 0.6 is 0 Å². The quantitative estimate of drug-likeness (QED) is 0.488. The lowest BCUT2D eigenvalue weighted by Crippen LogP contribution is -1.94. The summed E-state index contributed by atoms with van der Waals surface area (Å²) >= 11 is 0. The fourth-order valence-corrected chi connectivity index (χ4v) is 1.74. The van der Waals surface area contributed by atoms with Gasteiger partial charge in [-0.2, -0.15) is 0 Å². The maximum absolute atomic E-state index is 13.0. The van der Waals surface area contributed by atoms with E-state index >= 15 is 0 Å². The molecule has 0 radical (unpaired) electrons. The highest BCUT2D eigenvalue weighted by atomic mass is 19.1. The lowest BCUT2D eigenvalue weighted by molar-refractivity contribution is 0.443. The van der Waals surface area contributed by atoms with Crippen LogP contribution in [0.15, 0.2) is 17.6 Å². The molecule has 74 valence electrons. The molecule has 0 nitrogen and oxygen atoms in total. The van der Waals surface area contributed by atoms with Crippen molar-refractivity contribution in [2.24, 2.45) is 5.92 Å². The molecule has 1 aliphatic carbocycles. The number of allylic oxidation sites excluding steroid dienone is 1. The van der Waals surface area contributed by atoms with E-state index in [9.17, 15) is 4.39 Å². The second-order valence-electron chi connectivity index (χ2n) is 4.04. The standard InChI is InChI=1S/C12H19F/c1-11-7-4-2-3-5-9-12(13)10-6-8-11/h5,11H,2-4,6-8,10H2,1H3. The largest absolute Gasteiger partial charge is 0.203 e. The Bertz CT molecular complexity index is 199. The van der Waals surface area contributed by atoms with Crippen molar-refractivity contribution in [2.45, 2.75) is 51.9 Å². The van der Waals surface area contributed by atoms with Gasteiger partial charge in [0.25, 0.3) is 0 Å². The fourth-order valence-electron chi connectivity index (χ4n) is 1.74. The molecule has 0 aromatic rings. The van der Waals surface area contributed by atoms with Crippen molar-refractivity contribution in [3.8, 4) is 0 Å². The first kappa shape index (κ1) is 10.5. The van der Waals surface area contributed by atoms with Crippen LogP contribution in [0.3, 0.4) is 0 Å². The Morgan fingerprint density at radius 1 is 1.31 bits per heavy atom. The molecule has 0 amide bonds. The number of hydrogen-bond acceptors (Lipinski definition) is 0. The smallest absolute Gasteiger partial charge is 0.142 e. The molecule has 0 aromatic heterocycles. The molecule has 1 unspecified atom stereocenters. The zero-order valence-electron chi connectivity index (χ0n) is 8.48. The van der Waals surface area contributed by atoms with Gasteiger partial charge in [0.1, 0.15) is 5.83 Å². The van der Waals surface area contributed by atoms with E-state index < -0.39 is 0 Å². The Balaban J connectivity index is 2.43. The highest BCUT2D eigenvalue weighted by Crippen LogP contribution is 2.19. The fraction of sp³-hybridized carbons (Fsp3) is 0.750. The SMILES string of the molecule is CC1CCCCC=C=C(F)CCC1. The molecule has 0 aromatic carbocycles. The van der Waals surface area contributed by atoms with E-state index in [-0.39, 0.29) is 5.83 Å². The molecule has 1 aliphatic rings. The van der Waals surface area contributed by atoms with Crippen LogP contribution in [0, 0.1) is 5.92 Å². The van der Waals surface area contributed by atoms with Gasteiger partial charge >= 0.3 is 0 Å². The summed E-state index contributed by atoms with van der Waals surface area (Å²) in [5.74, 6) is 0.708. The lowest BCUT2D eigenvalue weighted by Gasteiger charge is -2.09. The molecule has 0 fully saturated rings. The highest BCUT2D eigenvalue weighted by molar-refractivity contribution is 4.92. The molecular formula is C12H19F. The molecule has 0 bridgehead atoms. The minimum Gasteiger partial charge on any atom is -0.203 e. The summed E-state index contributed by atoms with van der Waals surface area (Å²) in [6.07, 6.45) is 9.33. The summed E-state index contributed by atoms with van der Waals surface area (Å²) in [5.41, 5.74) is 2.72. The second-order valence-corrected chi connectivity index (χ2v) is 4.04. The second kappa shape index (κ2) is 5.99. The predicted molar refractivity (Wildman–Crippen MR) is 54.2 cm³/mol. The first-order valence-electron chi connectivity index (χ1n) is 5.38. The number of halogens is 1. The van der Waals surface area contributed by atoms with Gasteiger partial charge in [-0.05, 0) is 31.3 Å². The van der Waals surface area contributed by atoms with Crippen molar-refractivity contribution < 1.29 is 4.39 Å². The van der Waals surface area contributed by atoms with E-state index in [2.05, 4.69) is 12.7 Å². The van der Waals surface area contributed by atoms with Crippen molar-refractivity contribution in [1.29, 1.82) is 0 Å². The van der Waals surface area contributed by atoms with Crippen LogP contribution in [0.5, 0.6) is 0 Å². The molecule has 1 atom stereocenters. The average Bonchev–Trinajstić information content (AvgIpc) is 2.13. The van der Waals surface area contributed by atoms with Gasteiger partial charge < -0.3 is 0 Å². The van der Waals surface area contributed by atoms with E-state index in [0.717, 1.165) is 25.2 Å². The van der Waals surface area contributed by atoms with Gasteiger partial charge in [0, 0.05) is 6.42 Å². The van der Waals surface area contributed by atoms with Crippen LogP contribution in [0.25, 0.3) is 0 Å². The summed E-state index contributed by atoms with van der Waals surface area (Å²) in [4.78, 5) is 0. The average molecular weight is 182 g/mol. The number of rotatable bonds is 0. The minimum absolute atomic E-state index is 0.0610. The summed E-state index contributed by atoms with van der Waals surface area (Å²) in [7, 11) is 0. The molecule has 0 heterocycles. The first-order valence-corrected chi connectivity index (χ1v) is 5.38. The Kier molecular flexibility index (Phi) is 4.85. The lowest BCUT2D eigenvalue weighted by atomic mass is 9.98. The van der Waals surface area contributed by atoms with Crippen molar-refractivity contribution >= 4 is 0 Å². The van der Waals surface area contributed by atoms with Crippen LogP contribution in [-0.4, -0.2) is 0 Å². The molecule has 0 spiro atoms. The molecular weight excluding hydrogens is 163 g/mol. The van der Waals surface area contributed by atoms with E-state index in [0.29, 0.717) is 6.42 Å². The van der Waals surface area contributed by atoms with Crippen LogP contribution < -0.4 is 0 Å². The molecule has 0 aliphatic heterocycles. The third-order valence-electron chi connectivity index (χ3n) is 2.65. The Hall–Kier alpha value is -0.550. The summed E-state index contributed by atoms with van der Waals surface area (Å²) in [6, 6.07) is 0. The third-order valence-corrected chi connectivity index (χ3v) is 2.65. The zero-order valence-corrected chi connectivity index (χ0v) is 8.48. The topological polar surface area (TPSA) is 0 Å². The van der Waals surface area contributed by atoms with Crippen molar-refractivity contribution in [3.63, 3.8) is 0 Å². The minimum atomic E-state index is -0.0610. The Morgan fingerprint density at radius 2 is 2.08 bits per heavy atom. The third kappa shape index (κ3) is 4.90. The van der Waals surface area contributed by atoms with E-state index in [1.807, 2.05) is 6.08 Å². The van der Waals surface area contributed by atoms with Crippen LogP contribution in [0.2, 0.25) is 0 Å². The van der Waals surface area contributed by atoms with Crippen LogP contribution in [0.4, 0.5) is 4.39 Å². The van der Waals surface area contributed by atoms with Crippen LogP contribution in [-0.2, 0) is 0 Å². The maximum atomic E-state index is 13.0. The summed E-state index contributed by atoms with van der Waals surface area (Å²) in [5, 5.41) is 0. The Labute approximate surface area is 80.5 Å². The van der Waals surface area contributed by atoms with Gasteiger partial charge in [-0.1, -0.05) is 31.9 Å². The van der Waals surface area contributed by atoms with E-state index in [1.54, 1.807) is 0 Å². The van der Waals surface area contributed by atoms with Gasteiger partial charge in [-0.25, -0.2) is 4.39 Å². The van der Waals surface area contributed by atoms with Gasteiger partial charge in [0.05, 0.1) is 0 Å². The van der Waals surface area contributed by atoms with Gasteiger partial charge in [-0.3, -0.25) is 0 Å². The van der Waals surface area contributed by atoms with Crippen molar-refractivity contribution in [2.75, 3.05) is 0 Å². The van der Waals surface area contributed by atoms with Crippen LogP contribution in [0.1, 0.15) is 51.9 Å². The number of hydrogen-bond donors (Lipinski definition) is 0. The normalized spacial score (nSPS) is 26.3. The van der Waals surface area contributed by atoms with Gasteiger partial charge in [0.2, 0.25) is 0 Å². The summed E-state index contributed by atoms with van der Waals surface area (Å²) < 4.78 is 13.0. The van der Waals surface area contributed by atoms with Crippen molar-refractivity contribution in [1.82, 2.24) is 0 Å². The maximum Gasteiger partial charge on any atom is 0.142 e. The van der Waals surface area contributed by atoms with Crippen molar-refractivity contribution in [3.05, 3.63) is 17.6 Å². The molecule has 13 heavy (non-hydrogen) atoms. The van der Waals surface area contributed by atoms with Gasteiger partial charge in [0.15, 0.2) is 0 Å². The molecule has 1 rings (SSSR count). The monoisotopic (exact) mass is 182 g/mol. The van der Waals surface area contributed by atoms with Gasteiger partial charge in [-0.15, -0.1) is 0 Å². The first-order chi connectivity index (χ1) is 6.29. The highest BCUT2D eigenvalue weighted by Gasteiger charge is 2.03. The molecule has 0 N–H and O–H groups in total. The van der Waals surface area contributed by atoms with E-state index in [4.69, 9.17) is 0 Å². The van der Waals surface area contributed by atoms with E-state index in [1.165, 1.54) is 19.3 Å².